The number of hydrogen-bond acceptors (Lipinski definition) is 3. The normalized spacial score (nSPS) is 10.5. The highest BCUT2D eigenvalue weighted by atomic mass is 16.3. The van der Waals surface area contributed by atoms with Crippen LogP contribution in [0, 0.1) is 6.92 Å². The van der Waals surface area contributed by atoms with Crippen LogP contribution in [-0.2, 0) is 7.05 Å². The summed E-state index contributed by atoms with van der Waals surface area (Å²) >= 11 is 0. The summed E-state index contributed by atoms with van der Waals surface area (Å²) in [4.78, 5) is 0. The first-order chi connectivity index (χ1) is 6.70. The van der Waals surface area contributed by atoms with Crippen molar-refractivity contribution >= 4 is 5.82 Å². The lowest BCUT2D eigenvalue weighted by molar-refractivity contribution is 0.541. The number of nitrogens with one attached hydrogen (secondary N) is 1. The maximum Gasteiger partial charge on any atom is 0.152 e. The van der Waals surface area contributed by atoms with Gasteiger partial charge in [0.05, 0.1) is 0 Å². The van der Waals surface area contributed by atoms with Crippen LogP contribution in [0.1, 0.15) is 5.76 Å². The molecule has 74 valence electrons. The summed E-state index contributed by atoms with van der Waals surface area (Å²) in [6.45, 7) is 1.93. The molecule has 0 aliphatic carbocycles. The third-order valence-corrected chi connectivity index (χ3v) is 2.13. The van der Waals surface area contributed by atoms with Crippen LogP contribution >= 0.6 is 0 Å². The molecule has 0 radical (unpaired) electrons. The average Bonchev–Trinajstić information content (AvgIpc) is 2.71. The molecule has 0 atom stereocenters. The summed E-state index contributed by atoms with van der Waals surface area (Å²) in [5.74, 6) is 2.60. The zero-order chi connectivity index (χ0) is 10.1. The van der Waals surface area contributed by atoms with E-state index < -0.39 is 0 Å². The first-order valence-corrected chi connectivity index (χ1v) is 4.49. The van der Waals surface area contributed by atoms with E-state index in [4.69, 9.17) is 4.42 Å². The van der Waals surface area contributed by atoms with Crippen molar-refractivity contribution in [2.75, 3.05) is 12.4 Å². The van der Waals surface area contributed by atoms with Crippen LogP contribution in [-0.4, -0.2) is 16.8 Å². The lowest BCUT2D eigenvalue weighted by Gasteiger charge is -1.95. The third-order valence-electron chi connectivity index (χ3n) is 2.13. The van der Waals surface area contributed by atoms with E-state index in [9.17, 15) is 0 Å². The number of anilines is 1. The van der Waals surface area contributed by atoms with Crippen molar-refractivity contribution in [1.82, 2.24) is 9.78 Å². The summed E-state index contributed by atoms with van der Waals surface area (Å²) in [5.41, 5.74) is 0.974. The van der Waals surface area contributed by atoms with E-state index in [2.05, 4.69) is 10.4 Å². The summed E-state index contributed by atoms with van der Waals surface area (Å²) in [7, 11) is 3.74. The van der Waals surface area contributed by atoms with Crippen LogP contribution < -0.4 is 5.32 Å². The Morgan fingerprint density at radius 1 is 1.43 bits per heavy atom. The Labute approximate surface area is 82.5 Å². The fourth-order valence-corrected chi connectivity index (χ4v) is 1.39. The number of nitrogens with zero attached hydrogens (tertiary/aromatic N) is 2. The number of furan rings is 1. The quantitative estimate of drug-likeness (QED) is 0.789. The molecule has 2 aromatic rings. The van der Waals surface area contributed by atoms with Gasteiger partial charge in [-0.25, -0.2) is 0 Å². The van der Waals surface area contributed by atoms with E-state index in [-0.39, 0.29) is 0 Å². The van der Waals surface area contributed by atoms with Gasteiger partial charge >= 0.3 is 0 Å². The fraction of sp³-hybridized carbons (Fsp3) is 0.300. The molecule has 0 aliphatic rings. The maximum atomic E-state index is 5.52. The molecular formula is C10H13N3O. The van der Waals surface area contributed by atoms with E-state index in [1.807, 2.05) is 39.2 Å². The topological polar surface area (TPSA) is 43.0 Å². The van der Waals surface area contributed by atoms with Crippen LogP contribution in [0.4, 0.5) is 5.82 Å². The van der Waals surface area contributed by atoms with Crippen molar-refractivity contribution in [3.05, 3.63) is 24.0 Å². The van der Waals surface area contributed by atoms with Crippen molar-refractivity contribution in [1.29, 1.82) is 0 Å². The van der Waals surface area contributed by atoms with Crippen molar-refractivity contribution in [3.8, 4) is 11.5 Å². The Bertz CT molecular complexity index is 442. The molecule has 0 bridgehead atoms. The SMILES string of the molecule is CNc1cc(-c2ccc(C)o2)n(C)n1. The Morgan fingerprint density at radius 2 is 2.21 bits per heavy atom. The van der Waals surface area contributed by atoms with E-state index in [0.29, 0.717) is 0 Å². The standard InChI is InChI=1S/C10H13N3O/c1-7-4-5-9(14-7)8-6-10(11-2)12-13(8)3/h4-6H,1-3H3,(H,11,12). The molecule has 0 aromatic carbocycles. The molecule has 2 heterocycles. The minimum atomic E-state index is 0.844. The summed E-state index contributed by atoms with van der Waals surface area (Å²) in [6, 6.07) is 5.85. The molecule has 0 aliphatic heterocycles. The molecule has 2 rings (SSSR count). The van der Waals surface area contributed by atoms with Crippen molar-refractivity contribution in [2.24, 2.45) is 7.05 Å². The second kappa shape index (κ2) is 3.21. The summed E-state index contributed by atoms with van der Waals surface area (Å²) < 4.78 is 7.32. The predicted octanol–water partition coefficient (Wildman–Crippen LogP) is 2.03. The monoisotopic (exact) mass is 191 g/mol. The third kappa shape index (κ3) is 1.39. The molecule has 0 unspecified atom stereocenters. The van der Waals surface area contributed by atoms with Crippen molar-refractivity contribution in [3.63, 3.8) is 0 Å². The molecule has 4 heteroatoms. The highest BCUT2D eigenvalue weighted by Crippen LogP contribution is 2.23. The van der Waals surface area contributed by atoms with Crippen LogP contribution in [0.5, 0.6) is 0 Å². The largest absolute Gasteiger partial charge is 0.460 e. The molecule has 0 saturated heterocycles. The van der Waals surface area contributed by atoms with E-state index >= 15 is 0 Å². The molecule has 1 N–H and O–H groups in total. The van der Waals surface area contributed by atoms with Crippen molar-refractivity contribution < 1.29 is 4.42 Å². The number of rotatable bonds is 2. The zero-order valence-corrected chi connectivity index (χ0v) is 8.53. The van der Waals surface area contributed by atoms with Gasteiger partial charge in [-0.3, -0.25) is 4.68 Å². The van der Waals surface area contributed by atoms with Gasteiger partial charge in [0.1, 0.15) is 17.3 Å². The Kier molecular flexibility index (Phi) is 2.04. The van der Waals surface area contributed by atoms with Crippen LogP contribution in [0.25, 0.3) is 11.5 Å². The second-order valence-electron chi connectivity index (χ2n) is 3.20. The van der Waals surface area contributed by atoms with Gasteiger partial charge in [-0.05, 0) is 19.1 Å². The van der Waals surface area contributed by atoms with Crippen LogP contribution in [0.15, 0.2) is 22.6 Å². The maximum absolute atomic E-state index is 5.52. The van der Waals surface area contributed by atoms with Gasteiger partial charge in [-0.2, -0.15) is 5.10 Å². The van der Waals surface area contributed by atoms with Gasteiger partial charge in [-0.1, -0.05) is 0 Å². The van der Waals surface area contributed by atoms with Crippen LogP contribution in [0.3, 0.4) is 0 Å². The lowest BCUT2D eigenvalue weighted by Crippen LogP contribution is -1.94. The van der Waals surface area contributed by atoms with E-state index in [1.165, 1.54) is 0 Å². The molecule has 0 fully saturated rings. The van der Waals surface area contributed by atoms with Gasteiger partial charge in [0.15, 0.2) is 5.76 Å². The average molecular weight is 191 g/mol. The first-order valence-electron chi connectivity index (χ1n) is 4.49. The Hall–Kier alpha value is -1.71. The highest BCUT2D eigenvalue weighted by molar-refractivity contribution is 5.58. The lowest BCUT2D eigenvalue weighted by atomic mass is 10.3. The number of aryl methyl sites for hydroxylation is 2. The Balaban J connectivity index is 2.45. The first kappa shape index (κ1) is 8.87. The number of aromatic nitrogens is 2. The zero-order valence-electron chi connectivity index (χ0n) is 8.53. The van der Waals surface area contributed by atoms with E-state index in [0.717, 1.165) is 23.0 Å². The minimum absolute atomic E-state index is 0.844. The summed E-state index contributed by atoms with van der Waals surface area (Å²) in [6.07, 6.45) is 0. The second-order valence-corrected chi connectivity index (χ2v) is 3.20. The fourth-order valence-electron chi connectivity index (χ4n) is 1.39. The Morgan fingerprint density at radius 3 is 2.71 bits per heavy atom. The number of hydrogen-bond donors (Lipinski definition) is 1. The van der Waals surface area contributed by atoms with E-state index in [1.54, 1.807) is 4.68 Å². The predicted molar refractivity (Wildman–Crippen MR) is 55.2 cm³/mol. The van der Waals surface area contributed by atoms with Gasteiger partial charge in [0.2, 0.25) is 0 Å². The highest BCUT2D eigenvalue weighted by Gasteiger charge is 2.09. The minimum Gasteiger partial charge on any atom is -0.460 e. The van der Waals surface area contributed by atoms with Gasteiger partial charge in [-0.15, -0.1) is 0 Å². The molecule has 0 spiro atoms. The molecular weight excluding hydrogens is 178 g/mol. The molecule has 2 aromatic heterocycles. The molecule has 4 nitrogen and oxygen atoms in total. The molecule has 0 saturated carbocycles. The van der Waals surface area contributed by atoms with Crippen molar-refractivity contribution in [2.45, 2.75) is 6.92 Å². The van der Waals surface area contributed by atoms with Gasteiger partial charge in [0.25, 0.3) is 0 Å². The molecule has 0 amide bonds. The van der Waals surface area contributed by atoms with Gasteiger partial charge in [0, 0.05) is 20.2 Å². The smallest absolute Gasteiger partial charge is 0.152 e. The van der Waals surface area contributed by atoms with Crippen LogP contribution in [0.2, 0.25) is 0 Å². The molecule has 14 heavy (non-hydrogen) atoms. The summed E-state index contributed by atoms with van der Waals surface area (Å²) in [5, 5.41) is 7.25. The van der Waals surface area contributed by atoms with Gasteiger partial charge < -0.3 is 9.73 Å².